The van der Waals surface area contributed by atoms with Crippen molar-refractivity contribution in [1.29, 1.82) is 0 Å². The summed E-state index contributed by atoms with van der Waals surface area (Å²) in [7, 11) is 0. The molecule has 1 N–H and O–H groups in total. The Morgan fingerprint density at radius 3 is 2.64 bits per heavy atom. The lowest BCUT2D eigenvalue weighted by molar-refractivity contribution is -0.122. The topological polar surface area (TPSA) is 41.6 Å². The van der Waals surface area contributed by atoms with Crippen molar-refractivity contribution >= 4 is 40.9 Å². The van der Waals surface area contributed by atoms with E-state index in [4.69, 9.17) is 28.6 Å². The first-order chi connectivity index (χ1) is 12.1. The molecule has 0 spiro atoms. The average Bonchev–Trinajstić information content (AvgIpc) is 2.88. The van der Waals surface area contributed by atoms with E-state index in [0.717, 1.165) is 11.1 Å². The van der Waals surface area contributed by atoms with Gasteiger partial charge in [0.05, 0.1) is 0 Å². The molecule has 128 valence electrons. The molecular weight excluding hydrogens is 356 g/mol. The van der Waals surface area contributed by atoms with Crippen LogP contribution in [0.4, 0.5) is 0 Å². The molecule has 6 heteroatoms. The first kappa shape index (κ1) is 17.5. The third kappa shape index (κ3) is 3.83. The highest BCUT2D eigenvalue weighted by Crippen LogP contribution is 2.25. The van der Waals surface area contributed by atoms with Gasteiger partial charge in [-0.1, -0.05) is 48.0 Å². The number of thiocarbonyl (C=S) groups is 1. The molecule has 0 atom stereocenters. The second kappa shape index (κ2) is 7.68. The molecule has 1 saturated heterocycles. The van der Waals surface area contributed by atoms with Crippen LogP contribution in [-0.4, -0.2) is 22.5 Å². The zero-order valence-electron chi connectivity index (χ0n) is 13.7. The van der Waals surface area contributed by atoms with Crippen molar-refractivity contribution < 1.29 is 9.53 Å². The zero-order valence-corrected chi connectivity index (χ0v) is 15.2. The van der Waals surface area contributed by atoms with Crippen LogP contribution in [0.25, 0.3) is 6.08 Å². The molecule has 0 unspecified atom stereocenters. The van der Waals surface area contributed by atoms with Gasteiger partial charge in [0.25, 0.3) is 5.91 Å². The molecule has 25 heavy (non-hydrogen) atoms. The Kier molecular flexibility index (Phi) is 5.36. The molecule has 4 nitrogen and oxygen atoms in total. The summed E-state index contributed by atoms with van der Waals surface area (Å²) < 4.78 is 5.92. The van der Waals surface area contributed by atoms with E-state index in [1.807, 2.05) is 55.5 Å². The Morgan fingerprint density at radius 2 is 1.92 bits per heavy atom. The van der Waals surface area contributed by atoms with Gasteiger partial charge in [-0.3, -0.25) is 9.69 Å². The Hall–Kier alpha value is -2.37. The van der Waals surface area contributed by atoms with Crippen LogP contribution in [0.1, 0.15) is 18.1 Å². The van der Waals surface area contributed by atoms with Crippen molar-refractivity contribution in [2.24, 2.45) is 0 Å². The predicted octanol–water partition coefficient (Wildman–Crippen LogP) is 4.00. The van der Waals surface area contributed by atoms with Crippen LogP contribution in [0.5, 0.6) is 5.75 Å². The van der Waals surface area contributed by atoms with Gasteiger partial charge in [-0.25, -0.2) is 0 Å². The zero-order chi connectivity index (χ0) is 17.8. The van der Waals surface area contributed by atoms with Gasteiger partial charge >= 0.3 is 0 Å². The monoisotopic (exact) mass is 372 g/mol. The number of amides is 1. The fourth-order valence-corrected chi connectivity index (χ4v) is 3.03. The van der Waals surface area contributed by atoms with Crippen molar-refractivity contribution in [1.82, 2.24) is 10.2 Å². The Labute approximate surface area is 157 Å². The minimum Gasteiger partial charge on any atom is -0.488 e. The molecule has 0 bridgehead atoms. The minimum absolute atomic E-state index is 0.131. The number of para-hydroxylation sites is 1. The number of likely N-dealkylation sites (N-methyl/N-ethyl adjacent to an activating group) is 1. The molecule has 3 rings (SSSR count). The molecule has 1 amide bonds. The van der Waals surface area contributed by atoms with Gasteiger partial charge in [0, 0.05) is 22.7 Å². The lowest BCUT2D eigenvalue weighted by Crippen LogP contribution is -2.30. The number of carbonyl (C=O) groups excluding carboxylic acids is 1. The van der Waals surface area contributed by atoms with Crippen LogP contribution >= 0.6 is 23.8 Å². The standard InChI is InChI=1S/C19H17ClN2O2S/c1-2-22-18(23)16(21-19(22)25)11-13-7-4-6-10-17(13)24-12-14-8-3-5-9-15(14)20/h3-11H,2,12H2,1H3,(H,21,25)/b16-11-. The smallest absolute Gasteiger partial charge is 0.276 e. The molecule has 0 radical (unpaired) electrons. The minimum atomic E-state index is -0.131. The van der Waals surface area contributed by atoms with E-state index in [1.165, 1.54) is 4.90 Å². The van der Waals surface area contributed by atoms with Crippen LogP contribution in [0.3, 0.4) is 0 Å². The van der Waals surface area contributed by atoms with Gasteiger partial charge in [0.15, 0.2) is 5.11 Å². The Balaban J connectivity index is 1.82. The molecular formula is C19H17ClN2O2S. The number of hydrogen-bond acceptors (Lipinski definition) is 3. The highest BCUT2D eigenvalue weighted by atomic mass is 35.5. The van der Waals surface area contributed by atoms with E-state index >= 15 is 0 Å². The maximum absolute atomic E-state index is 12.3. The predicted molar refractivity (Wildman–Crippen MR) is 103 cm³/mol. The maximum Gasteiger partial charge on any atom is 0.276 e. The molecule has 0 aromatic heterocycles. The van der Waals surface area contributed by atoms with Crippen LogP contribution < -0.4 is 10.1 Å². The van der Waals surface area contributed by atoms with Crippen LogP contribution in [0.2, 0.25) is 5.02 Å². The van der Waals surface area contributed by atoms with Gasteiger partial charge in [0.2, 0.25) is 0 Å². The van der Waals surface area contributed by atoms with E-state index in [-0.39, 0.29) is 5.91 Å². The summed E-state index contributed by atoms with van der Waals surface area (Å²) in [6.45, 7) is 2.77. The fourth-order valence-electron chi connectivity index (χ4n) is 2.52. The number of ether oxygens (including phenoxy) is 1. The Morgan fingerprint density at radius 1 is 1.20 bits per heavy atom. The fraction of sp³-hybridized carbons (Fsp3) is 0.158. The number of benzene rings is 2. The van der Waals surface area contributed by atoms with E-state index in [2.05, 4.69) is 5.32 Å². The number of nitrogens with zero attached hydrogens (tertiary/aromatic N) is 1. The van der Waals surface area contributed by atoms with E-state index in [9.17, 15) is 4.79 Å². The largest absolute Gasteiger partial charge is 0.488 e. The molecule has 1 aliphatic heterocycles. The van der Waals surface area contributed by atoms with Crippen molar-refractivity contribution in [2.45, 2.75) is 13.5 Å². The third-order valence-corrected chi connectivity index (χ3v) is 4.53. The molecule has 0 saturated carbocycles. The molecule has 1 fully saturated rings. The second-order valence-electron chi connectivity index (χ2n) is 5.46. The highest BCUT2D eigenvalue weighted by Gasteiger charge is 2.29. The third-order valence-electron chi connectivity index (χ3n) is 3.84. The maximum atomic E-state index is 12.3. The quantitative estimate of drug-likeness (QED) is 0.636. The van der Waals surface area contributed by atoms with E-state index in [0.29, 0.717) is 34.7 Å². The highest BCUT2D eigenvalue weighted by molar-refractivity contribution is 7.80. The summed E-state index contributed by atoms with van der Waals surface area (Å²) in [4.78, 5) is 13.9. The summed E-state index contributed by atoms with van der Waals surface area (Å²) in [5, 5.41) is 4.04. The molecule has 2 aromatic carbocycles. The van der Waals surface area contributed by atoms with Gasteiger partial charge in [0.1, 0.15) is 18.1 Å². The number of halogens is 1. The van der Waals surface area contributed by atoms with Gasteiger partial charge < -0.3 is 10.1 Å². The summed E-state index contributed by atoms with van der Waals surface area (Å²) in [5.41, 5.74) is 2.15. The normalized spacial score (nSPS) is 15.6. The van der Waals surface area contributed by atoms with Crippen molar-refractivity contribution in [3.8, 4) is 5.75 Å². The average molecular weight is 373 g/mol. The van der Waals surface area contributed by atoms with Crippen LogP contribution in [-0.2, 0) is 11.4 Å². The first-order valence-electron chi connectivity index (χ1n) is 7.90. The number of rotatable bonds is 5. The van der Waals surface area contributed by atoms with Crippen LogP contribution in [0, 0.1) is 0 Å². The summed E-state index contributed by atoms with van der Waals surface area (Å²) in [6.07, 6.45) is 1.76. The molecule has 2 aromatic rings. The lowest BCUT2D eigenvalue weighted by Gasteiger charge is -2.11. The number of nitrogens with one attached hydrogen (secondary N) is 1. The van der Waals surface area contributed by atoms with E-state index < -0.39 is 0 Å². The summed E-state index contributed by atoms with van der Waals surface area (Å²) >= 11 is 11.3. The second-order valence-corrected chi connectivity index (χ2v) is 6.25. The van der Waals surface area contributed by atoms with Crippen LogP contribution in [0.15, 0.2) is 54.2 Å². The van der Waals surface area contributed by atoms with Gasteiger partial charge in [-0.05, 0) is 37.4 Å². The molecule has 0 aliphatic carbocycles. The first-order valence-corrected chi connectivity index (χ1v) is 8.68. The summed E-state index contributed by atoms with van der Waals surface area (Å²) in [6, 6.07) is 15.1. The lowest BCUT2D eigenvalue weighted by atomic mass is 10.1. The number of carbonyl (C=O) groups is 1. The van der Waals surface area contributed by atoms with Gasteiger partial charge in [-0.15, -0.1) is 0 Å². The van der Waals surface area contributed by atoms with E-state index in [1.54, 1.807) is 6.08 Å². The number of hydrogen-bond donors (Lipinski definition) is 1. The molecule has 1 heterocycles. The Bertz CT molecular complexity index is 851. The SMILES string of the molecule is CCN1C(=O)/C(=C/c2ccccc2OCc2ccccc2Cl)NC1=S. The van der Waals surface area contributed by atoms with Crippen molar-refractivity contribution in [2.75, 3.05) is 6.54 Å². The van der Waals surface area contributed by atoms with Crippen molar-refractivity contribution in [3.63, 3.8) is 0 Å². The van der Waals surface area contributed by atoms with Gasteiger partial charge in [-0.2, -0.15) is 0 Å². The summed E-state index contributed by atoms with van der Waals surface area (Å²) in [5.74, 6) is 0.541. The molecule has 1 aliphatic rings. The van der Waals surface area contributed by atoms with Crippen molar-refractivity contribution in [3.05, 3.63) is 70.4 Å².